The van der Waals surface area contributed by atoms with E-state index in [0.29, 0.717) is 12.2 Å². The number of benzene rings is 1. The van der Waals surface area contributed by atoms with Gasteiger partial charge in [-0.3, -0.25) is 10.1 Å². The van der Waals surface area contributed by atoms with Crippen LogP contribution in [0.1, 0.15) is 30.6 Å². The predicted octanol–water partition coefficient (Wildman–Crippen LogP) is 2.44. The Morgan fingerprint density at radius 2 is 2.10 bits per heavy atom. The number of rotatable bonds is 9. The van der Waals surface area contributed by atoms with Crippen LogP contribution in [0.15, 0.2) is 18.2 Å². The van der Waals surface area contributed by atoms with E-state index in [-0.39, 0.29) is 5.56 Å². The zero-order valence-corrected chi connectivity index (χ0v) is 12.3. The van der Waals surface area contributed by atoms with Gasteiger partial charge in [0.25, 0.3) is 5.69 Å². The molecule has 0 saturated heterocycles. The van der Waals surface area contributed by atoms with Gasteiger partial charge in [-0.15, -0.1) is 0 Å². The van der Waals surface area contributed by atoms with Crippen LogP contribution < -0.4 is 5.32 Å². The van der Waals surface area contributed by atoms with Crippen molar-refractivity contribution in [2.24, 2.45) is 0 Å². The van der Waals surface area contributed by atoms with Gasteiger partial charge in [-0.25, -0.2) is 4.79 Å². The number of nitrogens with zero attached hydrogens (tertiary/aromatic N) is 2. The van der Waals surface area contributed by atoms with Gasteiger partial charge in [0, 0.05) is 24.8 Å². The van der Waals surface area contributed by atoms with Crippen molar-refractivity contribution in [2.45, 2.75) is 20.3 Å². The summed E-state index contributed by atoms with van der Waals surface area (Å²) in [6, 6.07) is 4.05. The first-order chi connectivity index (χ1) is 9.99. The highest BCUT2D eigenvalue weighted by molar-refractivity contribution is 5.93. The molecule has 0 radical (unpaired) electrons. The van der Waals surface area contributed by atoms with Crippen LogP contribution in [0.2, 0.25) is 0 Å². The Labute approximate surface area is 123 Å². The third kappa shape index (κ3) is 5.03. The number of nitro groups is 1. The molecule has 0 aromatic heterocycles. The highest BCUT2D eigenvalue weighted by Crippen LogP contribution is 2.22. The number of likely N-dealkylation sites (N-methyl/N-ethyl adjacent to an activating group) is 1. The molecule has 0 spiro atoms. The summed E-state index contributed by atoms with van der Waals surface area (Å²) in [6.45, 7) is 7.67. The highest BCUT2D eigenvalue weighted by Gasteiger charge is 2.19. The van der Waals surface area contributed by atoms with E-state index in [0.717, 1.165) is 26.1 Å². The number of aromatic carboxylic acids is 1. The summed E-state index contributed by atoms with van der Waals surface area (Å²) in [4.78, 5) is 23.4. The molecule has 0 bridgehead atoms. The minimum Gasteiger partial charge on any atom is -0.477 e. The Balaban J connectivity index is 2.70. The summed E-state index contributed by atoms with van der Waals surface area (Å²) in [6.07, 6.45) is 1.08. The summed E-state index contributed by atoms with van der Waals surface area (Å²) in [5, 5.41) is 22.9. The molecule has 2 N–H and O–H groups in total. The molecule has 1 rings (SSSR count). The van der Waals surface area contributed by atoms with E-state index < -0.39 is 16.6 Å². The Morgan fingerprint density at radius 3 is 2.62 bits per heavy atom. The van der Waals surface area contributed by atoms with Crippen LogP contribution in [0.5, 0.6) is 0 Å². The maximum absolute atomic E-state index is 11.1. The Bertz CT molecular complexity index is 505. The lowest BCUT2D eigenvalue weighted by Gasteiger charge is -2.19. The maximum Gasteiger partial charge on any atom is 0.342 e. The molecule has 0 atom stereocenters. The number of nitrogens with one attached hydrogen (secondary N) is 1. The quantitative estimate of drug-likeness (QED) is 0.536. The van der Waals surface area contributed by atoms with E-state index in [1.807, 2.05) is 0 Å². The van der Waals surface area contributed by atoms with Crippen molar-refractivity contribution in [3.05, 3.63) is 33.9 Å². The SMILES string of the molecule is CCCN(CC)CCNc1ccc([N+](=O)[O-])c(C(=O)O)c1. The molecule has 0 aliphatic rings. The molecular weight excluding hydrogens is 274 g/mol. The fourth-order valence-corrected chi connectivity index (χ4v) is 2.08. The van der Waals surface area contributed by atoms with Crippen molar-refractivity contribution >= 4 is 17.3 Å². The second kappa shape index (κ2) is 8.21. The Kier molecular flexibility index (Phi) is 6.61. The number of hydrogen-bond acceptors (Lipinski definition) is 5. The first-order valence-electron chi connectivity index (χ1n) is 6.97. The number of anilines is 1. The van der Waals surface area contributed by atoms with Crippen molar-refractivity contribution < 1.29 is 14.8 Å². The van der Waals surface area contributed by atoms with E-state index in [9.17, 15) is 14.9 Å². The summed E-state index contributed by atoms with van der Waals surface area (Å²) >= 11 is 0. The van der Waals surface area contributed by atoms with Gasteiger partial charge in [0.1, 0.15) is 5.56 Å². The Hall–Kier alpha value is -2.15. The van der Waals surface area contributed by atoms with Crippen LogP contribution >= 0.6 is 0 Å². The molecule has 0 amide bonds. The standard InChI is InChI=1S/C14H21N3O4/c1-3-8-16(4-2)9-7-15-11-5-6-13(17(20)21)12(10-11)14(18)19/h5-6,10,15H,3-4,7-9H2,1-2H3,(H,18,19). The zero-order valence-electron chi connectivity index (χ0n) is 12.3. The van der Waals surface area contributed by atoms with Crippen LogP contribution in [0.3, 0.4) is 0 Å². The van der Waals surface area contributed by atoms with E-state index >= 15 is 0 Å². The monoisotopic (exact) mass is 295 g/mol. The molecule has 7 heteroatoms. The molecule has 1 aromatic carbocycles. The molecule has 0 unspecified atom stereocenters. The number of hydrogen-bond donors (Lipinski definition) is 2. The molecule has 1 aromatic rings. The molecular formula is C14H21N3O4. The molecule has 0 aliphatic carbocycles. The van der Waals surface area contributed by atoms with E-state index in [4.69, 9.17) is 5.11 Å². The average molecular weight is 295 g/mol. The first-order valence-corrected chi connectivity index (χ1v) is 6.97. The van der Waals surface area contributed by atoms with Gasteiger partial charge in [-0.05, 0) is 31.6 Å². The molecule has 0 fully saturated rings. The van der Waals surface area contributed by atoms with Crippen molar-refractivity contribution in [1.29, 1.82) is 0 Å². The van der Waals surface area contributed by atoms with Gasteiger partial charge >= 0.3 is 5.97 Å². The van der Waals surface area contributed by atoms with Crippen LogP contribution in [-0.2, 0) is 0 Å². The molecule has 0 aliphatic heterocycles. The minimum absolute atomic E-state index is 0.300. The lowest BCUT2D eigenvalue weighted by molar-refractivity contribution is -0.385. The van der Waals surface area contributed by atoms with Crippen molar-refractivity contribution in [3.63, 3.8) is 0 Å². The summed E-state index contributed by atoms with van der Waals surface area (Å²) in [5.74, 6) is -1.30. The number of nitro benzene ring substituents is 1. The molecule has 21 heavy (non-hydrogen) atoms. The number of carboxylic acids is 1. The topological polar surface area (TPSA) is 95.7 Å². The third-order valence-electron chi connectivity index (χ3n) is 3.17. The maximum atomic E-state index is 11.1. The van der Waals surface area contributed by atoms with Gasteiger partial charge in [0.05, 0.1) is 4.92 Å². The van der Waals surface area contributed by atoms with Gasteiger partial charge in [-0.1, -0.05) is 13.8 Å². The second-order valence-electron chi connectivity index (χ2n) is 4.66. The fraction of sp³-hybridized carbons (Fsp3) is 0.500. The highest BCUT2D eigenvalue weighted by atomic mass is 16.6. The van der Waals surface area contributed by atoms with Crippen LogP contribution in [0.4, 0.5) is 11.4 Å². The number of carboxylic acid groups (broad SMARTS) is 1. The van der Waals surface area contributed by atoms with Crippen LogP contribution in [0, 0.1) is 10.1 Å². The number of carbonyl (C=O) groups is 1. The molecule has 7 nitrogen and oxygen atoms in total. The smallest absolute Gasteiger partial charge is 0.342 e. The van der Waals surface area contributed by atoms with E-state index in [1.165, 1.54) is 18.2 Å². The van der Waals surface area contributed by atoms with Crippen molar-refractivity contribution in [1.82, 2.24) is 4.90 Å². The second-order valence-corrected chi connectivity index (χ2v) is 4.66. The van der Waals surface area contributed by atoms with Crippen molar-refractivity contribution in [2.75, 3.05) is 31.5 Å². The molecule has 116 valence electrons. The van der Waals surface area contributed by atoms with Gasteiger partial charge in [0.15, 0.2) is 0 Å². The van der Waals surface area contributed by atoms with E-state index in [1.54, 1.807) is 0 Å². The van der Waals surface area contributed by atoms with Crippen LogP contribution in [-0.4, -0.2) is 47.1 Å². The van der Waals surface area contributed by atoms with E-state index in [2.05, 4.69) is 24.1 Å². The van der Waals surface area contributed by atoms with Crippen LogP contribution in [0.25, 0.3) is 0 Å². The fourth-order valence-electron chi connectivity index (χ4n) is 2.08. The summed E-state index contributed by atoms with van der Waals surface area (Å²) < 4.78 is 0. The van der Waals surface area contributed by atoms with Gasteiger partial charge < -0.3 is 15.3 Å². The van der Waals surface area contributed by atoms with Gasteiger partial charge in [-0.2, -0.15) is 0 Å². The summed E-state index contributed by atoms with van der Waals surface area (Å²) in [7, 11) is 0. The summed E-state index contributed by atoms with van der Waals surface area (Å²) in [5.41, 5.74) is -0.120. The third-order valence-corrected chi connectivity index (χ3v) is 3.17. The molecule has 0 heterocycles. The minimum atomic E-state index is -1.30. The lowest BCUT2D eigenvalue weighted by Crippen LogP contribution is -2.29. The zero-order chi connectivity index (χ0) is 15.8. The van der Waals surface area contributed by atoms with Crippen molar-refractivity contribution in [3.8, 4) is 0 Å². The predicted molar refractivity (Wildman–Crippen MR) is 81.0 cm³/mol. The normalized spacial score (nSPS) is 10.6. The molecule has 0 saturated carbocycles. The first kappa shape index (κ1) is 16.9. The largest absolute Gasteiger partial charge is 0.477 e. The average Bonchev–Trinajstić information content (AvgIpc) is 2.45. The van der Waals surface area contributed by atoms with Gasteiger partial charge in [0.2, 0.25) is 0 Å². The lowest BCUT2D eigenvalue weighted by atomic mass is 10.1. The Morgan fingerprint density at radius 1 is 1.38 bits per heavy atom.